The second-order valence-corrected chi connectivity index (χ2v) is 6.40. The lowest BCUT2D eigenvalue weighted by atomic mass is 10.1. The first-order chi connectivity index (χ1) is 9.53. The molecule has 0 fully saturated rings. The average Bonchev–Trinajstić information content (AvgIpc) is 2.33. The molecule has 0 atom stereocenters. The summed E-state index contributed by atoms with van der Waals surface area (Å²) < 4.78 is 43.6. The predicted octanol–water partition coefficient (Wildman–Crippen LogP) is 3.63. The molecule has 21 heavy (non-hydrogen) atoms. The van der Waals surface area contributed by atoms with Gasteiger partial charge in [-0.3, -0.25) is 4.79 Å². The van der Waals surface area contributed by atoms with Crippen molar-refractivity contribution in [1.29, 1.82) is 0 Å². The normalized spacial score (nSPS) is 12.3. The monoisotopic (exact) mass is 322 g/mol. The van der Waals surface area contributed by atoms with E-state index in [0.29, 0.717) is 4.90 Å². The van der Waals surface area contributed by atoms with Gasteiger partial charge in [0.15, 0.2) is 0 Å². The highest BCUT2D eigenvalue weighted by Crippen LogP contribution is 2.34. The van der Waals surface area contributed by atoms with Crippen molar-refractivity contribution in [3.63, 3.8) is 0 Å². The number of aliphatic hydroxyl groups excluding tert-OH is 1. The van der Waals surface area contributed by atoms with Gasteiger partial charge in [0.05, 0.1) is 17.9 Å². The van der Waals surface area contributed by atoms with Crippen molar-refractivity contribution in [1.82, 2.24) is 0 Å². The van der Waals surface area contributed by atoms with Crippen LogP contribution in [-0.2, 0) is 22.3 Å². The molecule has 0 radical (unpaired) electrons. The summed E-state index contributed by atoms with van der Waals surface area (Å²) in [5, 5.41) is 8.94. The molecule has 118 valence electrons. The van der Waals surface area contributed by atoms with Crippen molar-refractivity contribution in [3.05, 3.63) is 29.3 Å². The van der Waals surface area contributed by atoms with Gasteiger partial charge >= 0.3 is 12.1 Å². The highest BCUT2D eigenvalue weighted by atomic mass is 32.2. The Morgan fingerprint density at radius 2 is 1.90 bits per heavy atom. The zero-order valence-corrected chi connectivity index (χ0v) is 12.8. The van der Waals surface area contributed by atoms with E-state index in [4.69, 9.17) is 9.84 Å². The molecule has 0 saturated carbocycles. The number of halogens is 3. The van der Waals surface area contributed by atoms with Gasteiger partial charge in [0, 0.05) is 4.90 Å². The van der Waals surface area contributed by atoms with Crippen molar-refractivity contribution < 1.29 is 27.8 Å². The Labute approximate surface area is 125 Å². The molecule has 1 aromatic rings. The minimum atomic E-state index is -4.54. The first kappa shape index (κ1) is 17.8. The van der Waals surface area contributed by atoms with Gasteiger partial charge in [-0.05, 0) is 38.5 Å². The Kier molecular flexibility index (Phi) is 5.69. The number of hydrogen-bond donors (Lipinski definition) is 1. The summed E-state index contributed by atoms with van der Waals surface area (Å²) in [4.78, 5) is 11.8. The van der Waals surface area contributed by atoms with Gasteiger partial charge < -0.3 is 9.84 Å². The molecule has 0 bridgehead atoms. The molecule has 0 spiro atoms. The van der Waals surface area contributed by atoms with Gasteiger partial charge in [-0.25, -0.2) is 0 Å². The molecule has 0 aromatic heterocycles. The molecule has 3 nitrogen and oxygen atoms in total. The predicted molar refractivity (Wildman–Crippen MR) is 73.9 cm³/mol. The number of thioether (sulfide) groups is 1. The number of carbonyl (C=O) groups excluding carboxylic acids is 1. The average molecular weight is 322 g/mol. The van der Waals surface area contributed by atoms with E-state index in [1.165, 1.54) is 12.1 Å². The molecule has 1 N–H and O–H groups in total. The van der Waals surface area contributed by atoms with Crippen LogP contribution in [0.1, 0.15) is 31.9 Å². The van der Waals surface area contributed by atoms with Gasteiger partial charge in [-0.2, -0.15) is 13.2 Å². The Morgan fingerprint density at radius 3 is 2.38 bits per heavy atom. The maximum absolute atomic E-state index is 12.8. The number of carbonyl (C=O) groups is 1. The van der Waals surface area contributed by atoms with Crippen LogP contribution in [0.15, 0.2) is 23.1 Å². The molecule has 0 aliphatic heterocycles. The Bertz CT molecular complexity index is 507. The molecule has 0 aliphatic carbocycles. The number of ether oxygens (including phenoxy) is 1. The highest BCUT2D eigenvalue weighted by molar-refractivity contribution is 8.00. The zero-order valence-electron chi connectivity index (χ0n) is 12.0. The molecule has 0 unspecified atom stereocenters. The second-order valence-electron chi connectivity index (χ2n) is 5.35. The van der Waals surface area contributed by atoms with Gasteiger partial charge in [0.25, 0.3) is 0 Å². The fourth-order valence-electron chi connectivity index (χ4n) is 1.56. The van der Waals surface area contributed by atoms with E-state index in [2.05, 4.69) is 0 Å². The van der Waals surface area contributed by atoms with Crippen LogP contribution in [0.25, 0.3) is 0 Å². The van der Waals surface area contributed by atoms with Crippen LogP contribution in [0.3, 0.4) is 0 Å². The van der Waals surface area contributed by atoms with E-state index < -0.39 is 29.9 Å². The summed E-state index contributed by atoms with van der Waals surface area (Å²) in [6, 6.07) is 3.58. The molecule has 0 aliphatic rings. The fraction of sp³-hybridized carbons (Fsp3) is 0.500. The number of aliphatic hydroxyl groups is 1. The number of alkyl halides is 3. The van der Waals surface area contributed by atoms with Crippen molar-refractivity contribution in [2.45, 2.75) is 44.1 Å². The zero-order chi connectivity index (χ0) is 16.3. The summed E-state index contributed by atoms with van der Waals surface area (Å²) in [5.41, 5.74) is -1.71. The number of benzene rings is 1. The topological polar surface area (TPSA) is 46.5 Å². The third kappa shape index (κ3) is 5.97. The van der Waals surface area contributed by atoms with E-state index in [1.54, 1.807) is 20.8 Å². The summed E-state index contributed by atoms with van der Waals surface area (Å²) in [7, 11) is 0. The standard InChI is InChI=1S/C14H17F3O3S/c1-13(2,3)20-12(19)8-21-10-5-4-9(7-18)11(6-10)14(15,16)17/h4-6,18H,7-8H2,1-3H3. The minimum Gasteiger partial charge on any atom is -0.459 e. The summed E-state index contributed by atoms with van der Waals surface area (Å²) >= 11 is 0.963. The summed E-state index contributed by atoms with van der Waals surface area (Å²) in [5.74, 6) is -0.570. The molecule has 1 aromatic carbocycles. The third-order valence-electron chi connectivity index (χ3n) is 2.33. The molecule has 7 heteroatoms. The smallest absolute Gasteiger partial charge is 0.416 e. The van der Waals surface area contributed by atoms with E-state index in [-0.39, 0.29) is 11.3 Å². The molecule has 0 saturated heterocycles. The lowest BCUT2D eigenvalue weighted by Gasteiger charge is -2.19. The van der Waals surface area contributed by atoms with E-state index in [0.717, 1.165) is 17.8 Å². The third-order valence-corrected chi connectivity index (χ3v) is 3.30. The quantitative estimate of drug-likeness (QED) is 0.679. The first-order valence-electron chi connectivity index (χ1n) is 6.18. The van der Waals surface area contributed by atoms with Gasteiger partial charge in [-0.15, -0.1) is 11.8 Å². The second kappa shape index (κ2) is 6.70. The van der Waals surface area contributed by atoms with E-state index in [1.807, 2.05) is 0 Å². The van der Waals surface area contributed by atoms with E-state index in [9.17, 15) is 18.0 Å². The van der Waals surface area contributed by atoms with E-state index >= 15 is 0 Å². The van der Waals surface area contributed by atoms with Crippen molar-refractivity contribution in [3.8, 4) is 0 Å². The molecular weight excluding hydrogens is 305 g/mol. The van der Waals surface area contributed by atoms with Crippen LogP contribution >= 0.6 is 11.8 Å². The number of hydrogen-bond acceptors (Lipinski definition) is 4. The van der Waals surface area contributed by atoms with Crippen molar-refractivity contribution in [2.24, 2.45) is 0 Å². The lowest BCUT2D eigenvalue weighted by molar-refractivity contribution is -0.151. The number of esters is 1. The largest absolute Gasteiger partial charge is 0.459 e. The number of rotatable bonds is 4. The van der Waals surface area contributed by atoms with Gasteiger partial charge in [-0.1, -0.05) is 6.07 Å². The summed E-state index contributed by atoms with van der Waals surface area (Å²) in [6.45, 7) is 4.46. The van der Waals surface area contributed by atoms with Gasteiger partial charge in [0.2, 0.25) is 0 Å². The Morgan fingerprint density at radius 1 is 1.29 bits per heavy atom. The molecule has 1 rings (SSSR count). The molecule has 0 amide bonds. The van der Waals surface area contributed by atoms with Crippen LogP contribution < -0.4 is 0 Å². The Balaban J connectivity index is 2.80. The van der Waals surface area contributed by atoms with Crippen LogP contribution in [0.4, 0.5) is 13.2 Å². The van der Waals surface area contributed by atoms with Crippen molar-refractivity contribution in [2.75, 3.05) is 5.75 Å². The Hall–Kier alpha value is -1.21. The van der Waals surface area contributed by atoms with Crippen LogP contribution in [0.2, 0.25) is 0 Å². The lowest BCUT2D eigenvalue weighted by Crippen LogP contribution is -2.24. The molecular formula is C14H17F3O3S. The van der Waals surface area contributed by atoms with Crippen LogP contribution in [-0.4, -0.2) is 22.4 Å². The van der Waals surface area contributed by atoms with Crippen LogP contribution in [0.5, 0.6) is 0 Å². The maximum atomic E-state index is 12.8. The summed E-state index contributed by atoms with van der Waals surface area (Å²) in [6.07, 6.45) is -4.54. The van der Waals surface area contributed by atoms with Crippen molar-refractivity contribution >= 4 is 17.7 Å². The first-order valence-corrected chi connectivity index (χ1v) is 7.17. The highest BCUT2D eigenvalue weighted by Gasteiger charge is 2.33. The van der Waals surface area contributed by atoms with Crippen LogP contribution in [0, 0.1) is 0 Å². The molecule has 0 heterocycles. The van der Waals surface area contributed by atoms with Gasteiger partial charge in [0.1, 0.15) is 5.60 Å². The SMILES string of the molecule is CC(C)(C)OC(=O)CSc1ccc(CO)c(C(F)(F)F)c1. The minimum absolute atomic E-state index is 0.0764. The maximum Gasteiger partial charge on any atom is 0.416 e. The fourth-order valence-corrected chi connectivity index (χ4v) is 2.27.